The molecule has 0 N–H and O–H groups in total. The Morgan fingerprint density at radius 2 is 1.74 bits per heavy atom. The number of rotatable bonds is 5. The molecular weight excluding hydrogens is 473 g/mol. The Morgan fingerprint density at radius 1 is 1.09 bits per heavy atom. The van der Waals surface area contributed by atoms with Crippen LogP contribution in [0, 0.1) is 11.6 Å². The van der Waals surface area contributed by atoms with E-state index in [0.717, 1.165) is 21.8 Å². The fourth-order valence-corrected chi connectivity index (χ4v) is 3.72. The van der Waals surface area contributed by atoms with E-state index >= 15 is 0 Å². The van der Waals surface area contributed by atoms with Crippen molar-refractivity contribution in [3.05, 3.63) is 65.5 Å². The van der Waals surface area contributed by atoms with Gasteiger partial charge in [0, 0.05) is 31.8 Å². The van der Waals surface area contributed by atoms with Crippen LogP contribution in [0.2, 0.25) is 0 Å². The monoisotopic (exact) mass is 488 g/mol. The summed E-state index contributed by atoms with van der Waals surface area (Å²) < 4.78 is 95.9. The molecule has 4 rings (SSSR count). The Bertz CT molecular complexity index is 1180. The van der Waals surface area contributed by atoms with Crippen molar-refractivity contribution in [3.8, 4) is 5.69 Å². The fourth-order valence-electron chi connectivity index (χ4n) is 3.72. The van der Waals surface area contributed by atoms with Gasteiger partial charge in [0.25, 0.3) is 11.8 Å². The van der Waals surface area contributed by atoms with E-state index in [2.05, 4.69) is 20.2 Å². The number of likely N-dealkylation sites (tertiary alicyclic amines) is 1. The number of aromatic nitrogens is 5. The lowest BCUT2D eigenvalue weighted by Crippen LogP contribution is -2.43. The lowest BCUT2D eigenvalue weighted by Gasteiger charge is -2.28. The zero-order valence-corrected chi connectivity index (χ0v) is 17.1. The Kier molecular flexibility index (Phi) is 6.00. The van der Waals surface area contributed by atoms with Gasteiger partial charge < -0.3 is 4.90 Å². The van der Waals surface area contributed by atoms with E-state index in [-0.39, 0.29) is 17.9 Å². The maximum Gasteiger partial charge on any atom is 0.419 e. The second-order valence-corrected chi connectivity index (χ2v) is 7.52. The Morgan fingerprint density at radius 3 is 2.35 bits per heavy atom. The maximum absolute atomic E-state index is 14.7. The lowest BCUT2D eigenvalue weighted by molar-refractivity contribution is -0.138. The quantitative estimate of drug-likeness (QED) is 0.511. The van der Waals surface area contributed by atoms with Crippen LogP contribution >= 0.6 is 0 Å². The molecule has 1 atom stereocenters. The first-order valence-electron chi connectivity index (χ1n) is 9.90. The van der Waals surface area contributed by atoms with Crippen molar-refractivity contribution in [1.29, 1.82) is 0 Å². The van der Waals surface area contributed by atoms with Crippen LogP contribution in [-0.2, 0) is 12.6 Å². The van der Waals surface area contributed by atoms with E-state index in [1.807, 2.05) is 0 Å². The van der Waals surface area contributed by atoms with E-state index in [9.17, 15) is 35.5 Å². The fraction of sp³-hybridized carbons (Fsp3) is 0.350. The van der Waals surface area contributed by atoms with Crippen LogP contribution in [0.15, 0.2) is 36.9 Å². The molecule has 1 aliphatic rings. The minimum Gasteiger partial charge on any atom is -0.329 e. The predicted molar refractivity (Wildman–Crippen MR) is 101 cm³/mol. The molecule has 0 aliphatic carbocycles. The standard InChI is InChI=1S/C20H15F7N6O/c21-12-1-2-13(33-30-6-7-31-33)16(17(12)22)18(34)32-8-5-19(23,24)14(32)3-4-15-28-9-11(10-29-15)20(25,26)27/h1-2,6-7,9-10,14H,3-5,8H2/t14-/m1/s1. The smallest absolute Gasteiger partial charge is 0.329 e. The van der Waals surface area contributed by atoms with Crippen LogP contribution in [0.1, 0.15) is 34.6 Å². The summed E-state index contributed by atoms with van der Waals surface area (Å²) in [5, 5.41) is 7.55. The summed E-state index contributed by atoms with van der Waals surface area (Å²) >= 11 is 0. The highest BCUT2D eigenvalue weighted by Gasteiger charge is 2.51. The van der Waals surface area contributed by atoms with Crippen LogP contribution < -0.4 is 0 Å². The average molecular weight is 488 g/mol. The van der Waals surface area contributed by atoms with Crippen LogP contribution in [0.3, 0.4) is 0 Å². The average Bonchev–Trinajstić information content (AvgIpc) is 3.41. The molecule has 1 amide bonds. The Balaban J connectivity index is 1.61. The number of carbonyl (C=O) groups is 1. The maximum atomic E-state index is 14.7. The van der Waals surface area contributed by atoms with Crippen molar-refractivity contribution in [2.45, 2.75) is 37.4 Å². The molecule has 34 heavy (non-hydrogen) atoms. The first-order chi connectivity index (χ1) is 16.0. The molecule has 0 radical (unpaired) electrons. The SMILES string of the molecule is O=C(c1c(-n2nccn2)ccc(F)c1F)N1CCC(F)(F)[C@H]1CCc1ncc(C(F)(F)F)cn1. The molecule has 2 aromatic heterocycles. The van der Waals surface area contributed by atoms with Crippen molar-refractivity contribution < 1.29 is 35.5 Å². The third-order valence-electron chi connectivity index (χ3n) is 5.41. The van der Waals surface area contributed by atoms with Gasteiger partial charge in [0.2, 0.25) is 0 Å². The summed E-state index contributed by atoms with van der Waals surface area (Å²) in [5.74, 6) is -7.61. The molecule has 7 nitrogen and oxygen atoms in total. The van der Waals surface area contributed by atoms with Gasteiger partial charge in [-0.15, -0.1) is 0 Å². The third-order valence-corrected chi connectivity index (χ3v) is 5.41. The molecule has 0 spiro atoms. The summed E-state index contributed by atoms with van der Waals surface area (Å²) in [6.07, 6.45) is -2.57. The van der Waals surface area contributed by atoms with Crippen molar-refractivity contribution in [1.82, 2.24) is 29.9 Å². The van der Waals surface area contributed by atoms with Crippen molar-refractivity contribution in [3.63, 3.8) is 0 Å². The van der Waals surface area contributed by atoms with E-state index in [0.29, 0.717) is 12.4 Å². The molecule has 180 valence electrons. The molecule has 0 bridgehead atoms. The highest BCUT2D eigenvalue weighted by molar-refractivity contribution is 5.98. The van der Waals surface area contributed by atoms with E-state index < -0.39 is 66.2 Å². The zero-order valence-electron chi connectivity index (χ0n) is 17.1. The number of carbonyl (C=O) groups excluding carboxylic acids is 1. The topological polar surface area (TPSA) is 76.8 Å². The molecule has 0 saturated carbocycles. The van der Waals surface area contributed by atoms with Gasteiger partial charge in [-0.05, 0) is 18.6 Å². The van der Waals surface area contributed by atoms with Crippen molar-refractivity contribution in [2.75, 3.05) is 6.54 Å². The number of amides is 1. The minimum atomic E-state index is -4.66. The molecule has 1 aliphatic heterocycles. The molecule has 14 heteroatoms. The first-order valence-corrected chi connectivity index (χ1v) is 9.90. The highest BCUT2D eigenvalue weighted by Crippen LogP contribution is 2.38. The number of alkyl halides is 5. The third kappa shape index (κ3) is 4.43. The van der Waals surface area contributed by atoms with Crippen LogP contribution in [0.5, 0.6) is 0 Å². The van der Waals surface area contributed by atoms with E-state index in [1.165, 1.54) is 12.4 Å². The second kappa shape index (κ2) is 8.65. The van der Waals surface area contributed by atoms with Gasteiger partial charge in [-0.1, -0.05) is 0 Å². The van der Waals surface area contributed by atoms with Crippen LogP contribution in [0.4, 0.5) is 30.7 Å². The van der Waals surface area contributed by atoms with Gasteiger partial charge in [-0.3, -0.25) is 4.79 Å². The van der Waals surface area contributed by atoms with Gasteiger partial charge in [0.05, 0.1) is 24.0 Å². The summed E-state index contributed by atoms with van der Waals surface area (Å²) in [6.45, 7) is -0.452. The highest BCUT2D eigenvalue weighted by atomic mass is 19.4. The molecule has 1 aromatic carbocycles. The summed E-state index contributed by atoms with van der Waals surface area (Å²) in [6, 6.07) is 0.0558. The van der Waals surface area contributed by atoms with Crippen LogP contribution in [-0.4, -0.2) is 54.3 Å². The number of hydrogen-bond acceptors (Lipinski definition) is 5. The molecular formula is C20H15F7N6O. The van der Waals surface area contributed by atoms with Gasteiger partial charge >= 0.3 is 6.18 Å². The van der Waals surface area contributed by atoms with Gasteiger partial charge in [0.15, 0.2) is 11.6 Å². The summed E-state index contributed by atoms with van der Waals surface area (Å²) in [5.41, 5.74) is -2.15. The Hall–Kier alpha value is -3.58. The van der Waals surface area contributed by atoms with Gasteiger partial charge in [0.1, 0.15) is 17.1 Å². The second-order valence-electron chi connectivity index (χ2n) is 7.52. The number of aryl methyl sites for hydroxylation is 1. The number of hydrogen-bond donors (Lipinski definition) is 0. The Labute approximate surface area is 187 Å². The van der Waals surface area contributed by atoms with E-state index in [1.54, 1.807) is 0 Å². The largest absolute Gasteiger partial charge is 0.419 e. The van der Waals surface area contributed by atoms with Gasteiger partial charge in [-0.25, -0.2) is 27.5 Å². The minimum absolute atomic E-state index is 0.138. The van der Waals surface area contributed by atoms with Crippen LogP contribution in [0.25, 0.3) is 5.69 Å². The van der Waals surface area contributed by atoms with E-state index in [4.69, 9.17) is 0 Å². The normalized spacial score (nSPS) is 17.9. The van der Waals surface area contributed by atoms with Crippen molar-refractivity contribution >= 4 is 5.91 Å². The summed E-state index contributed by atoms with van der Waals surface area (Å²) in [4.78, 5) is 21.8. The predicted octanol–water partition coefficient (Wildman–Crippen LogP) is 3.84. The first kappa shape index (κ1) is 23.6. The number of halogens is 7. The molecule has 3 heterocycles. The molecule has 1 fully saturated rings. The summed E-state index contributed by atoms with van der Waals surface area (Å²) in [7, 11) is 0. The number of nitrogens with zero attached hydrogens (tertiary/aromatic N) is 6. The molecule has 1 saturated heterocycles. The molecule has 3 aromatic rings. The number of benzene rings is 1. The lowest BCUT2D eigenvalue weighted by atomic mass is 10.0. The van der Waals surface area contributed by atoms with Gasteiger partial charge in [-0.2, -0.15) is 28.2 Å². The van der Waals surface area contributed by atoms with Crippen molar-refractivity contribution in [2.24, 2.45) is 0 Å². The zero-order chi connectivity index (χ0) is 24.7. The molecule has 0 unspecified atom stereocenters.